The van der Waals surface area contributed by atoms with Crippen molar-refractivity contribution in [1.29, 1.82) is 0 Å². The highest BCUT2D eigenvalue weighted by atomic mass is 19.1. The molecule has 3 rings (SSSR count). The number of hydrogen-bond acceptors (Lipinski definition) is 4. The molecule has 28 heavy (non-hydrogen) atoms. The second kappa shape index (κ2) is 10.1. The van der Waals surface area contributed by atoms with E-state index < -0.39 is 0 Å². The van der Waals surface area contributed by atoms with E-state index in [1.54, 1.807) is 19.2 Å². The van der Waals surface area contributed by atoms with E-state index in [-0.39, 0.29) is 11.7 Å². The highest BCUT2D eigenvalue weighted by Crippen LogP contribution is 2.14. The summed E-state index contributed by atoms with van der Waals surface area (Å²) in [5.74, 6) is 1.27. The van der Waals surface area contributed by atoms with Gasteiger partial charge in [0.1, 0.15) is 17.3 Å². The Balaban J connectivity index is 1.33. The number of amides is 1. The van der Waals surface area contributed by atoms with Crippen molar-refractivity contribution < 1.29 is 18.7 Å². The Hall–Kier alpha value is -2.60. The summed E-state index contributed by atoms with van der Waals surface area (Å²) < 4.78 is 23.6. The van der Waals surface area contributed by atoms with Crippen LogP contribution in [-0.4, -0.2) is 62.1 Å². The van der Waals surface area contributed by atoms with E-state index in [0.29, 0.717) is 18.8 Å². The van der Waals surface area contributed by atoms with Crippen molar-refractivity contribution in [3.05, 3.63) is 59.9 Å². The Morgan fingerprint density at radius 1 is 0.964 bits per heavy atom. The van der Waals surface area contributed by atoms with Gasteiger partial charge >= 0.3 is 0 Å². The third-order valence-electron chi connectivity index (χ3n) is 5.00. The smallest absolute Gasteiger partial charge is 0.226 e. The summed E-state index contributed by atoms with van der Waals surface area (Å²) >= 11 is 0. The van der Waals surface area contributed by atoms with Gasteiger partial charge < -0.3 is 14.4 Å². The molecule has 1 fully saturated rings. The summed E-state index contributed by atoms with van der Waals surface area (Å²) in [6.45, 7) is 4.57. The van der Waals surface area contributed by atoms with Crippen molar-refractivity contribution in [2.24, 2.45) is 0 Å². The topological polar surface area (TPSA) is 42.0 Å². The van der Waals surface area contributed by atoms with Crippen LogP contribution < -0.4 is 9.47 Å². The molecule has 0 aliphatic carbocycles. The molecule has 0 aromatic heterocycles. The average molecular weight is 386 g/mol. The van der Waals surface area contributed by atoms with Crippen molar-refractivity contribution >= 4 is 5.91 Å². The lowest BCUT2D eigenvalue weighted by atomic mass is 10.1. The molecule has 0 radical (unpaired) electrons. The summed E-state index contributed by atoms with van der Waals surface area (Å²) in [4.78, 5) is 16.6. The van der Waals surface area contributed by atoms with Gasteiger partial charge in [0.15, 0.2) is 0 Å². The quantitative estimate of drug-likeness (QED) is 0.700. The molecule has 1 amide bonds. The molecule has 5 nitrogen and oxygen atoms in total. The average Bonchev–Trinajstić information content (AvgIpc) is 2.74. The van der Waals surface area contributed by atoms with Crippen molar-refractivity contribution in [2.75, 3.05) is 46.4 Å². The predicted octanol–water partition coefficient (Wildman–Crippen LogP) is 2.99. The first kappa shape index (κ1) is 20.1. The molecule has 1 heterocycles. The number of methoxy groups -OCH3 is 1. The maximum atomic E-state index is 12.9. The van der Waals surface area contributed by atoms with Crippen LogP contribution >= 0.6 is 0 Å². The maximum Gasteiger partial charge on any atom is 0.226 e. The summed E-state index contributed by atoms with van der Waals surface area (Å²) in [5, 5.41) is 0. The van der Waals surface area contributed by atoms with Gasteiger partial charge in [0.25, 0.3) is 0 Å². The monoisotopic (exact) mass is 386 g/mol. The van der Waals surface area contributed by atoms with Gasteiger partial charge in [-0.3, -0.25) is 9.69 Å². The van der Waals surface area contributed by atoms with Crippen LogP contribution in [-0.2, 0) is 11.2 Å². The van der Waals surface area contributed by atoms with Crippen molar-refractivity contribution in [2.45, 2.75) is 12.8 Å². The van der Waals surface area contributed by atoms with Gasteiger partial charge in [-0.05, 0) is 48.4 Å². The molecular formula is C22H27FN2O3. The first-order valence-corrected chi connectivity index (χ1v) is 9.65. The number of piperazine rings is 1. The summed E-state index contributed by atoms with van der Waals surface area (Å²) in [5.41, 5.74) is 1.29. The lowest BCUT2D eigenvalue weighted by molar-refractivity contribution is -0.133. The number of halogens is 1. The van der Waals surface area contributed by atoms with E-state index in [2.05, 4.69) is 17.0 Å². The Kier molecular flexibility index (Phi) is 7.25. The molecule has 0 unspecified atom stereocenters. The van der Waals surface area contributed by atoms with Crippen molar-refractivity contribution in [1.82, 2.24) is 9.80 Å². The number of carbonyl (C=O) groups is 1. The first-order chi connectivity index (χ1) is 13.6. The van der Waals surface area contributed by atoms with Gasteiger partial charge in [-0.15, -0.1) is 0 Å². The number of benzene rings is 2. The fourth-order valence-corrected chi connectivity index (χ4v) is 3.25. The van der Waals surface area contributed by atoms with Gasteiger partial charge in [0, 0.05) is 32.7 Å². The molecule has 1 aliphatic rings. The number of rotatable bonds is 8. The first-order valence-electron chi connectivity index (χ1n) is 9.65. The van der Waals surface area contributed by atoms with E-state index in [1.165, 1.54) is 17.7 Å². The van der Waals surface area contributed by atoms with E-state index >= 15 is 0 Å². The minimum atomic E-state index is -0.298. The van der Waals surface area contributed by atoms with E-state index in [1.807, 2.05) is 17.0 Å². The number of ether oxygens (including phenoxy) is 2. The fraction of sp³-hybridized carbons (Fsp3) is 0.409. The predicted molar refractivity (Wildman–Crippen MR) is 106 cm³/mol. The molecular weight excluding hydrogens is 359 g/mol. The zero-order chi connectivity index (χ0) is 19.8. The van der Waals surface area contributed by atoms with E-state index in [0.717, 1.165) is 44.9 Å². The fourth-order valence-electron chi connectivity index (χ4n) is 3.25. The molecule has 150 valence electrons. The summed E-state index contributed by atoms with van der Waals surface area (Å²) in [6, 6.07) is 14.0. The molecule has 0 bridgehead atoms. The molecule has 0 spiro atoms. The zero-order valence-electron chi connectivity index (χ0n) is 16.3. The molecule has 2 aromatic carbocycles. The number of carbonyl (C=O) groups excluding carboxylic acids is 1. The third kappa shape index (κ3) is 5.96. The summed E-state index contributed by atoms with van der Waals surface area (Å²) in [6.07, 6.45) is 1.33. The minimum Gasteiger partial charge on any atom is -0.497 e. The standard InChI is InChI=1S/C22H27FN2O3/c1-27-20-6-2-18(3-7-20)10-12-24-13-15-25(16-14-24)22(26)11-17-28-21-8-4-19(23)5-9-21/h2-9H,10-17H2,1H3. The van der Waals surface area contributed by atoms with Gasteiger partial charge in [-0.1, -0.05) is 12.1 Å². The van der Waals surface area contributed by atoms with Crippen LogP contribution in [0.5, 0.6) is 11.5 Å². The Bertz CT molecular complexity index is 741. The van der Waals surface area contributed by atoms with Gasteiger partial charge in [-0.25, -0.2) is 4.39 Å². The van der Waals surface area contributed by atoms with Crippen LogP contribution in [0.15, 0.2) is 48.5 Å². The third-order valence-corrected chi connectivity index (χ3v) is 5.00. The second-order valence-electron chi connectivity index (χ2n) is 6.87. The lowest BCUT2D eigenvalue weighted by Gasteiger charge is -2.34. The Morgan fingerprint density at radius 2 is 1.61 bits per heavy atom. The molecule has 1 saturated heterocycles. The van der Waals surface area contributed by atoms with Gasteiger partial charge in [0.2, 0.25) is 5.91 Å². The molecule has 1 aliphatic heterocycles. The highest BCUT2D eigenvalue weighted by molar-refractivity contribution is 5.76. The summed E-state index contributed by atoms with van der Waals surface area (Å²) in [7, 11) is 1.67. The number of nitrogens with zero attached hydrogens (tertiary/aromatic N) is 2. The van der Waals surface area contributed by atoms with Crippen LogP contribution in [0.1, 0.15) is 12.0 Å². The Labute approximate surface area is 165 Å². The maximum absolute atomic E-state index is 12.9. The van der Waals surface area contributed by atoms with E-state index in [4.69, 9.17) is 9.47 Å². The SMILES string of the molecule is COc1ccc(CCN2CCN(C(=O)CCOc3ccc(F)cc3)CC2)cc1. The van der Waals surface area contributed by atoms with E-state index in [9.17, 15) is 9.18 Å². The highest BCUT2D eigenvalue weighted by Gasteiger charge is 2.20. The van der Waals surface area contributed by atoms with Crippen LogP contribution in [0.25, 0.3) is 0 Å². The normalized spacial score (nSPS) is 14.7. The van der Waals surface area contributed by atoms with Crippen LogP contribution in [0.3, 0.4) is 0 Å². The Morgan fingerprint density at radius 3 is 2.25 bits per heavy atom. The minimum absolute atomic E-state index is 0.108. The van der Waals surface area contributed by atoms with Crippen molar-refractivity contribution in [3.63, 3.8) is 0 Å². The lowest BCUT2D eigenvalue weighted by Crippen LogP contribution is -2.49. The molecule has 0 saturated carbocycles. The zero-order valence-corrected chi connectivity index (χ0v) is 16.3. The van der Waals surface area contributed by atoms with Gasteiger partial charge in [0.05, 0.1) is 20.1 Å². The van der Waals surface area contributed by atoms with Crippen LogP contribution in [0.2, 0.25) is 0 Å². The van der Waals surface area contributed by atoms with Crippen LogP contribution in [0, 0.1) is 5.82 Å². The molecule has 2 aromatic rings. The second-order valence-corrected chi connectivity index (χ2v) is 6.87. The van der Waals surface area contributed by atoms with Crippen LogP contribution in [0.4, 0.5) is 4.39 Å². The number of hydrogen-bond donors (Lipinski definition) is 0. The molecule has 0 atom stereocenters. The largest absolute Gasteiger partial charge is 0.497 e. The van der Waals surface area contributed by atoms with Gasteiger partial charge in [-0.2, -0.15) is 0 Å². The molecule has 0 N–H and O–H groups in total. The van der Waals surface area contributed by atoms with Crippen molar-refractivity contribution in [3.8, 4) is 11.5 Å². The molecule has 6 heteroatoms.